The molecule has 6 heteroatoms. The van der Waals surface area contributed by atoms with Crippen LogP contribution in [0.3, 0.4) is 0 Å². The number of imide groups is 1. The summed E-state index contributed by atoms with van der Waals surface area (Å²) in [6.45, 7) is 3.24. The van der Waals surface area contributed by atoms with Gasteiger partial charge in [0.25, 0.3) is 11.8 Å². The molecule has 4 rings (SSSR count). The normalized spacial score (nSPS) is 13.4. The van der Waals surface area contributed by atoms with Gasteiger partial charge < -0.3 is 14.4 Å². The van der Waals surface area contributed by atoms with Gasteiger partial charge in [-0.05, 0) is 36.2 Å². The summed E-state index contributed by atoms with van der Waals surface area (Å²) < 4.78 is 10.8. The summed E-state index contributed by atoms with van der Waals surface area (Å²) in [4.78, 5) is 30.8. The summed E-state index contributed by atoms with van der Waals surface area (Å²) in [6, 6.07) is 24.6. The van der Waals surface area contributed by atoms with E-state index in [1.807, 2.05) is 84.6 Å². The van der Waals surface area contributed by atoms with Crippen LogP contribution in [0.4, 0.5) is 0 Å². The van der Waals surface area contributed by atoms with Crippen molar-refractivity contribution in [2.24, 2.45) is 0 Å². The first kappa shape index (κ1) is 23.1. The molecule has 0 spiro atoms. The van der Waals surface area contributed by atoms with Gasteiger partial charge in [0.1, 0.15) is 17.2 Å². The molecular formula is C28H28N2O4. The van der Waals surface area contributed by atoms with Gasteiger partial charge in [-0.2, -0.15) is 0 Å². The van der Waals surface area contributed by atoms with Crippen molar-refractivity contribution in [3.8, 4) is 11.5 Å². The molecule has 0 saturated carbocycles. The third kappa shape index (κ3) is 4.53. The second-order valence-corrected chi connectivity index (χ2v) is 7.97. The average molecular weight is 457 g/mol. The Balaban J connectivity index is 1.77. The molecule has 0 fully saturated rings. The minimum atomic E-state index is -0.327. The highest BCUT2D eigenvalue weighted by Crippen LogP contribution is 2.37. The van der Waals surface area contributed by atoms with Crippen molar-refractivity contribution in [2.75, 3.05) is 20.8 Å². The molecule has 1 aliphatic rings. The molecule has 2 amide bonds. The summed E-state index contributed by atoms with van der Waals surface area (Å²) in [7, 11) is 3.17. The number of carbonyl (C=O) groups excluding carboxylic acids is 2. The molecule has 1 heterocycles. The highest BCUT2D eigenvalue weighted by atomic mass is 16.5. The van der Waals surface area contributed by atoms with Crippen LogP contribution in [0.5, 0.6) is 11.5 Å². The molecule has 0 aliphatic carbocycles. The molecular weight excluding hydrogens is 428 g/mol. The quantitative estimate of drug-likeness (QED) is 0.444. The Kier molecular flexibility index (Phi) is 6.97. The number of nitrogens with zero attached hydrogens (tertiary/aromatic N) is 2. The molecule has 3 aromatic carbocycles. The van der Waals surface area contributed by atoms with Gasteiger partial charge in [-0.25, -0.2) is 0 Å². The van der Waals surface area contributed by atoms with Gasteiger partial charge in [0.15, 0.2) is 0 Å². The van der Waals surface area contributed by atoms with Crippen molar-refractivity contribution in [3.63, 3.8) is 0 Å². The van der Waals surface area contributed by atoms with E-state index in [0.717, 1.165) is 16.9 Å². The van der Waals surface area contributed by atoms with E-state index in [1.54, 1.807) is 20.3 Å². The number of ether oxygens (including phenoxy) is 2. The number of methoxy groups -OCH3 is 2. The SMILES string of the molecule is CCN(Cc1ccccc1)C1=C(c2ccccc2OC)C(=O)N(Cc2ccc(OC)cc2)C1=O. The Hall–Kier alpha value is -4.06. The molecule has 174 valence electrons. The monoisotopic (exact) mass is 456 g/mol. The first-order valence-corrected chi connectivity index (χ1v) is 11.2. The summed E-state index contributed by atoms with van der Waals surface area (Å²) in [5.41, 5.74) is 3.28. The number of hydrogen-bond acceptors (Lipinski definition) is 5. The van der Waals surface area contributed by atoms with Crippen LogP contribution in [-0.4, -0.2) is 42.4 Å². The zero-order valence-corrected chi connectivity index (χ0v) is 19.7. The third-order valence-electron chi connectivity index (χ3n) is 5.93. The van der Waals surface area contributed by atoms with E-state index in [0.29, 0.717) is 35.7 Å². The van der Waals surface area contributed by atoms with E-state index < -0.39 is 0 Å². The lowest BCUT2D eigenvalue weighted by atomic mass is 10.0. The van der Waals surface area contributed by atoms with E-state index in [-0.39, 0.29) is 18.4 Å². The number of benzene rings is 3. The van der Waals surface area contributed by atoms with E-state index in [9.17, 15) is 9.59 Å². The van der Waals surface area contributed by atoms with Crippen LogP contribution in [0.1, 0.15) is 23.6 Å². The molecule has 6 nitrogen and oxygen atoms in total. The molecule has 0 radical (unpaired) electrons. The van der Waals surface area contributed by atoms with Crippen molar-refractivity contribution in [3.05, 3.63) is 101 Å². The van der Waals surface area contributed by atoms with Gasteiger partial charge in [-0.3, -0.25) is 14.5 Å². The smallest absolute Gasteiger partial charge is 0.278 e. The van der Waals surface area contributed by atoms with Crippen LogP contribution >= 0.6 is 0 Å². The van der Waals surface area contributed by atoms with Gasteiger partial charge in [0, 0.05) is 18.7 Å². The summed E-state index contributed by atoms with van der Waals surface area (Å²) in [5, 5.41) is 0. The number of amides is 2. The minimum Gasteiger partial charge on any atom is -0.497 e. The Bertz CT molecular complexity index is 1200. The van der Waals surface area contributed by atoms with E-state index >= 15 is 0 Å². The lowest BCUT2D eigenvalue weighted by molar-refractivity contribution is -0.138. The number of carbonyl (C=O) groups is 2. The van der Waals surface area contributed by atoms with Crippen molar-refractivity contribution in [1.29, 1.82) is 0 Å². The van der Waals surface area contributed by atoms with Crippen LogP contribution in [0.2, 0.25) is 0 Å². The maximum atomic E-state index is 13.8. The summed E-state index contributed by atoms with van der Waals surface area (Å²) in [6.07, 6.45) is 0. The molecule has 1 aliphatic heterocycles. The first-order valence-electron chi connectivity index (χ1n) is 11.2. The molecule has 0 bridgehead atoms. The lowest BCUT2D eigenvalue weighted by Crippen LogP contribution is -2.34. The lowest BCUT2D eigenvalue weighted by Gasteiger charge is -2.25. The second-order valence-electron chi connectivity index (χ2n) is 7.97. The largest absolute Gasteiger partial charge is 0.497 e. The Morgan fingerprint density at radius 1 is 0.765 bits per heavy atom. The van der Waals surface area contributed by atoms with Gasteiger partial charge in [-0.1, -0.05) is 60.7 Å². The standard InChI is InChI=1S/C28H28N2O4/c1-4-29(18-20-10-6-5-7-11-20)26-25(23-12-8-9-13-24(23)34-3)27(31)30(28(26)32)19-21-14-16-22(33-2)17-15-21/h5-17H,4,18-19H2,1-3H3. The Morgan fingerprint density at radius 3 is 2.09 bits per heavy atom. The third-order valence-corrected chi connectivity index (χ3v) is 5.93. The van der Waals surface area contributed by atoms with Gasteiger partial charge in [0.2, 0.25) is 0 Å². The van der Waals surface area contributed by atoms with Crippen LogP contribution in [-0.2, 0) is 22.7 Å². The first-order chi connectivity index (χ1) is 16.6. The molecule has 3 aromatic rings. The maximum absolute atomic E-state index is 13.8. The summed E-state index contributed by atoms with van der Waals surface area (Å²) >= 11 is 0. The fraction of sp³-hybridized carbons (Fsp3) is 0.214. The van der Waals surface area contributed by atoms with E-state index in [4.69, 9.17) is 9.47 Å². The van der Waals surface area contributed by atoms with Gasteiger partial charge >= 0.3 is 0 Å². The highest BCUT2D eigenvalue weighted by Gasteiger charge is 2.42. The zero-order chi connectivity index (χ0) is 24.1. The number of rotatable bonds is 9. The topological polar surface area (TPSA) is 59.1 Å². The van der Waals surface area contributed by atoms with Crippen molar-refractivity contribution < 1.29 is 19.1 Å². The van der Waals surface area contributed by atoms with Crippen molar-refractivity contribution in [1.82, 2.24) is 9.80 Å². The fourth-order valence-electron chi connectivity index (χ4n) is 4.16. The van der Waals surface area contributed by atoms with Gasteiger partial charge in [0.05, 0.1) is 26.3 Å². The molecule has 34 heavy (non-hydrogen) atoms. The number of likely N-dealkylation sites (N-methyl/N-ethyl adjacent to an activating group) is 1. The maximum Gasteiger partial charge on any atom is 0.278 e. The second kappa shape index (κ2) is 10.3. The Morgan fingerprint density at radius 2 is 1.44 bits per heavy atom. The van der Waals surface area contributed by atoms with E-state index in [1.165, 1.54) is 4.90 Å². The predicted octanol–water partition coefficient (Wildman–Crippen LogP) is 4.51. The molecule has 0 aromatic heterocycles. The average Bonchev–Trinajstić information content (AvgIpc) is 3.12. The van der Waals surface area contributed by atoms with Crippen molar-refractivity contribution in [2.45, 2.75) is 20.0 Å². The van der Waals surface area contributed by atoms with E-state index in [2.05, 4.69) is 0 Å². The Labute approximate surface area is 200 Å². The minimum absolute atomic E-state index is 0.173. The number of hydrogen-bond donors (Lipinski definition) is 0. The summed E-state index contributed by atoms with van der Waals surface area (Å²) in [5.74, 6) is 0.640. The van der Waals surface area contributed by atoms with Crippen molar-refractivity contribution >= 4 is 17.4 Å². The fourth-order valence-corrected chi connectivity index (χ4v) is 4.16. The predicted molar refractivity (Wildman–Crippen MR) is 131 cm³/mol. The van der Waals surface area contributed by atoms with Crippen LogP contribution in [0.15, 0.2) is 84.6 Å². The van der Waals surface area contributed by atoms with Crippen LogP contribution in [0, 0.1) is 0 Å². The van der Waals surface area contributed by atoms with Gasteiger partial charge in [-0.15, -0.1) is 0 Å². The molecule has 0 unspecified atom stereocenters. The van der Waals surface area contributed by atoms with Crippen LogP contribution < -0.4 is 9.47 Å². The number of para-hydroxylation sites is 1. The highest BCUT2D eigenvalue weighted by molar-refractivity contribution is 6.35. The molecule has 0 N–H and O–H groups in total. The molecule has 0 saturated heterocycles. The zero-order valence-electron chi connectivity index (χ0n) is 19.7. The van der Waals surface area contributed by atoms with Crippen LogP contribution in [0.25, 0.3) is 5.57 Å². The molecule has 0 atom stereocenters.